The summed E-state index contributed by atoms with van der Waals surface area (Å²) >= 11 is 0. The minimum Gasteiger partial charge on any atom is -0.481 e. The minimum absolute atomic E-state index is 0.0227. The second-order valence-corrected chi connectivity index (χ2v) is 8.99. The lowest BCUT2D eigenvalue weighted by Gasteiger charge is -2.41. The van der Waals surface area contributed by atoms with Gasteiger partial charge in [0.15, 0.2) is 0 Å². The van der Waals surface area contributed by atoms with Crippen LogP contribution in [0.2, 0.25) is 0 Å². The molecule has 1 unspecified atom stereocenters. The zero-order valence-electron chi connectivity index (χ0n) is 18.8. The Balaban J connectivity index is 1.34. The highest BCUT2D eigenvalue weighted by atomic mass is 16.5. The largest absolute Gasteiger partial charge is 0.481 e. The van der Waals surface area contributed by atoms with Crippen LogP contribution in [0.3, 0.4) is 0 Å². The first-order valence-corrected chi connectivity index (χ1v) is 11.5. The third-order valence-corrected chi connectivity index (χ3v) is 6.96. The summed E-state index contributed by atoms with van der Waals surface area (Å²) in [5, 5.41) is 14.6. The summed E-state index contributed by atoms with van der Waals surface area (Å²) in [4.78, 5) is 36.4. The summed E-state index contributed by atoms with van der Waals surface area (Å²) in [6.45, 7) is 2.24. The maximum Gasteiger partial charge on any atom is 0.407 e. The number of hydrogen-bond acceptors (Lipinski definition) is 4. The maximum atomic E-state index is 12.9. The Morgan fingerprint density at radius 2 is 1.67 bits per heavy atom. The van der Waals surface area contributed by atoms with E-state index in [2.05, 4.69) is 34.9 Å². The number of amides is 2. The van der Waals surface area contributed by atoms with Crippen molar-refractivity contribution in [2.45, 2.75) is 51.0 Å². The molecule has 0 radical (unpaired) electrons. The van der Waals surface area contributed by atoms with Crippen LogP contribution in [0.1, 0.15) is 56.1 Å². The molecule has 0 spiro atoms. The average Bonchev–Trinajstić information content (AvgIpc) is 3.10. The zero-order valence-corrected chi connectivity index (χ0v) is 18.8. The zero-order chi connectivity index (χ0) is 23.4. The molecule has 2 aromatic rings. The Labute approximate surface area is 193 Å². The first-order valence-electron chi connectivity index (χ1n) is 11.5. The molecule has 0 saturated heterocycles. The van der Waals surface area contributed by atoms with Crippen molar-refractivity contribution in [2.75, 3.05) is 13.2 Å². The molecule has 2 aromatic carbocycles. The monoisotopic (exact) mass is 450 g/mol. The second-order valence-electron chi connectivity index (χ2n) is 8.99. The van der Waals surface area contributed by atoms with E-state index in [-0.39, 0.29) is 31.4 Å². The number of fused-ring (bicyclic) bond motifs is 3. The van der Waals surface area contributed by atoms with Gasteiger partial charge in [0.05, 0.1) is 11.8 Å². The van der Waals surface area contributed by atoms with Crippen LogP contribution in [0.25, 0.3) is 11.1 Å². The molecule has 0 aromatic heterocycles. The predicted octanol–water partition coefficient (Wildman–Crippen LogP) is 4.06. The third-order valence-electron chi connectivity index (χ3n) is 6.96. The van der Waals surface area contributed by atoms with Gasteiger partial charge in [0.2, 0.25) is 5.91 Å². The van der Waals surface area contributed by atoms with E-state index in [9.17, 15) is 14.4 Å². The van der Waals surface area contributed by atoms with Crippen LogP contribution in [0, 0.1) is 5.41 Å². The van der Waals surface area contributed by atoms with Gasteiger partial charge in [-0.2, -0.15) is 0 Å². The van der Waals surface area contributed by atoms with E-state index < -0.39 is 23.5 Å². The van der Waals surface area contributed by atoms with E-state index >= 15 is 0 Å². The minimum atomic E-state index is -0.943. The number of rotatable bonds is 9. The molecule has 1 atom stereocenters. The number of nitrogens with one attached hydrogen (secondary N) is 2. The van der Waals surface area contributed by atoms with E-state index in [0.29, 0.717) is 19.3 Å². The summed E-state index contributed by atoms with van der Waals surface area (Å²) in [6.07, 6.45) is 2.09. The molecule has 3 N–H and O–H groups in total. The van der Waals surface area contributed by atoms with Crippen LogP contribution in [0.5, 0.6) is 0 Å². The molecule has 0 bridgehead atoms. The van der Waals surface area contributed by atoms with Crippen LogP contribution in [-0.2, 0) is 14.3 Å². The Morgan fingerprint density at radius 1 is 1.06 bits per heavy atom. The number of ether oxygens (including phenoxy) is 1. The standard InChI is InChI=1S/C26H30N2O5/c1-2-17(14-23(29)30)28-24(31)26(12-7-13-26)16-27-25(32)33-15-22-20-10-5-3-8-18(20)19-9-4-6-11-21(19)22/h3-6,8-11,17,22H,2,7,12-16H2,1H3,(H,27,32)(H,28,31)(H,29,30). The second kappa shape index (κ2) is 9.65. The lowest BCUT2D eigenvalue weighted by atomic mass is 9.68. The lowest BCUT2D eigenvalue weighted by Crippen LogP contribution is -2.54. The molecule has 2 aliphatic carbocycles. The molecule has 2 amide bonds. The molecule has 2 aliphatic rings. The van der Waals surface area contributed by atoms with E-state index in [0.717, 1.165) is 17.5 Å². The number of aliphatic carboxylic acids is 1. The molecule has 7 heteroatoms. The number of carboxylic acid groups (broad SMARTS) is 1. The SMILES string of the molecule is CCC(CC(=O)O)NC(=O)C1(CNC(=O)OCC2c3ccccc3-c3ccccc32)CCC1. The van der Waals surface area contributed by atoms with Crippen LogP contribution >= 0.6 is 0 Å². The molecule has 0 heterocycles. The van der Waals surface area contributed by atoms with Gasteiger partial charge in [-0.15, -0.1) is 0 Å². The van der Waals surface area contributed by atoms with Gasteiger partial charge in [-0.05, 0) is 41.5 Å². The van der Waals surface area contributed by atoms with E-state index in [4.69, 9.17) is 9.84 Å². The highest BCUT2D eigenvalue weighted by molar-refractivity contribution is 5.85. The van der Waals surface area contributed by atoms with Gasteiger partial charge in [-0.25, -0.2) is 4.79 Å². The van der Waals surface area contributed by atoms with Gasteiger partial charge in [0.25, 0.3) is 0 Å². The van der Waals surface area contributed by atoms with Gasteiger partial charge in [0.1, 0.15) is 6.61 Å². The summed E-state index contributed by atoms with van der Waals surface area (Å²) in [7, 11) is 0. The number of hydrogen-bond donors (Lipinski definition) is 3. The quantitative estimate of drug-likeness (QED) is 0.534. The number of carbonyl (C=O) groups is 3. The van der Waals surface area contributed by atoms with Gasteiger partial charge in [-0.3, -0.25) is 9.59 Å². The summed E-state index contributed by atoms with van der Waals surface area (Å²) in [5.41, 5.74) is 3.92. The first kappa shape index (κ1) is 22.8. The molecule has 1 saturated carbocycles. The molecule has 33 heavy (non-hydrogen) atoms. The number of carboxylic acids is 1. The van der Waals surface area contributed by atoms with Gasteiger partial charge < -0.3 is 20.5 Å². The van der Waals surface area contributed by atoms with Crippen molar-refractivity contribution >= 4 is 18.0 Å². The predicted molar refractivity (Wildman–Crippen MR) is 124 cm³/mol. The number of carbonyl (C=O) groups excluding carboxylic acids is 2. The van der Waals surface area contributed by atoms with Crippen LogP contribution in [0.15, 0.2) is 48.5 Å². The van der Waals surface area contributed by atoms with Crippen molar-refractivity contribution in [3.05, 3.63) is 59.7 Å². The number of alkyl carbamates (subject to hydrolysis) is 1. The summed E-state index contributed by atoms with van der Waals surface area (Å²) in [5.74, 6) is -1.16. The Morgan fingerprint density at radius 3 is 2.18 bits per heavy atom. The molecule has 4 rings (SSSR count). The molecular formula is C26H30N2O5. The van der Waals surface area contributed by atoms with Crippen molar-refractivity contribution < 1.29 is 24.2 Å². The van der Waals surface area contributed by atoms with Crippen LogP contribution < -0.4 is 10.6 Å². The van der Waals surface area contributed by atoms with E-state index in [1.807, 2.05) is 31.2 Å². The summed E-state index contributed by atoms with van der Waals surface area (Å²) in [6, 6.07) is 15.9. The topological polar surface area (TPSA) is 105 Å². The van der Waals surface area contributed by atoms with Crippen molar-refractivity contribution in [3.63, 3.8) is 0 Å². The van der Waals surface area contributed by atoms with Gasteiger partial charge in [-0.1, -0.05) is 61.9 Å². The normalized spacial score (nSPS) is 16.6. The van der Waals surface area contributed by atoms with Gasteiger partial charge >= 0.3 is 12.1 Å². The molecule has 0 aliphatic heterocycles. The van der Waals surface area contributed by atoms with Crippen molar-refractivity contribution in [1.82, 2.24) is 10.6 Å². The van der Waals surface area contributed by atoms with Crippen molar-refractivity contribution in [2.24, 2.45) is 5.41 Å². The van der Waals surface area contributed by atoms with Crippen LogP contribution in [-0.4, -0.2) is 42.3 Å². The Hall–Kier alpha value is -3.35. The number of benzene rings is 2. The highest BCUT2D eigenvalue weighted by Crippen LogP contribution is 2.44. The summed E-state index contributed by atoms with van der Waals surface area (Å²) < 4.78 is 5.58. The fourth-order valence-corrected chi connectivity index (χ4v) is 4.83. The first-order chi connectivity index (χ1) is 15.9. The van der Waals surface area contributed by atoms with E-state index in [1.54, 1.807) is 0 Å². The van der Waals surface area contributed by atoms with Crippen LogP contribution in [0.4, 0.5) is 4.79 Å². The Kier molecular flexibility index (Phi) is 6.67. The fourth-order valence-electron chi connectivity index (χ4n) is 4.83. The molecule has 1 fully saturated rings. The Bertz CT molecular complexity index is 1000. The van der Waals surface area contributed by atoms with Crippen molar-refractivity contribution in [3.8, 4) is 11.1 Å². The third kappa shape index (κ3) is 4.72. The highest BCUT2D eigenvalue weighted by Gasteiger charge is 2.45. The maximum absolute atomic E-state index is 12.9. The molecule has 174 valence electrons. The van der Waals surface area contributed by atoms with Crippen molar-refractivity contribution in [1.29, 1.82) is 0 Å². The lowest BCUT2D eigenvalue weighted by molar-refractivity contribution is -0.139. The molecular weight excluding hydrogens is 420 g/mol. The average molecular weight is 451 g/mol. The smallest absolute Gasteiger partial charge is 0.407 e. The van der Waals surface area contributed by atoms with E-state index in [1.165, 1.54) is 11.1 Å². The van der Waals surface area contributed by atoms with Gasteiger partial charge in [0, 0.05) is 18.5 Å². The molecule has 7 nitrogen and oxygen atoms in total. The fraction of sp³-hybridized carbons (Fsp3) is 0.423.